The van der Waals surface area contributed by atoms with Crippen LogP contribution in [-0.4, -0.2) is 56.4 Å². The lowest BCUT2D eigenvalue weighted by Gasteiger charge is -2.42. The summed E-state index contributed by atoms with van der Waals surface area (Å²) in [5.41, 5.74) is 0.126. The molecule has 0 radical (unpaired) electrons. The van der Waals surface area contributed by atoms with Crippen LogP contribution in [0.3, 0.4) is 0 Å². The molecule has 1 heterocycles. The first kappa shape index (κ1) is 20.8. The minimum atomic E-state index is -1.99. The maximum Gasteiger partial charge on any atom is 0.382 e. The third kappa shape index (κ3) is 5.27. The zero-order valence-corrected chi connectivity index (χ0v) is 15.5. The summed E-state index contributed by atoms with van der Waals surface area (Å²) < 4.78 is 4.81. The number of ether oxygens (including phenoxy) is 1. The SMILES string of the molecule is CCSCC(=O)CC1CC(=O)N1C(O)C(=O)OC(c1ccccc1)[N+](=O)[O-]. The molecule has 1 aromatic rings. The summed E-state index contributed by atoms with van der Waals surface area (Å²) in [6.07, 6.45) is -3.75. The van der Waals surface area contributed by atoms with Gasteiger partial charge in [-0.2, -0.15) is 11.8 Å². The minimum absolute atomic E-state index is 0.0143. The number of nitrogens with zero attached hydrogens (tertiary/aromatic N) is 2. The molecular weight excluding hydrogens is 376 g/mol. The van der Waals surface area contributed by atoms with E-state index in [1.54, 1.807) is 18.2 Å². The molecule has 0 spiro atoms. The van der Waals surface area contributed by atoms with Crippen molar-refractivity contribution in [2.75, 3.05) is 11.5 Å². The van der Waals surface area contributed by atoms with Gasteiger partial charge in [-0.3, -0.25) is 19.7 Å². The van der Waals surface area contributed by atoms with Crippen molar-refractivity contribution < 1.29 is 29.2 Å². The number of ketones is 1. The molecule has 1 amide bonds. The van der Waals surface area contributed by atoms with Crippen molar-refractivity contribution in [1.29, 1.82) is 0 Å². The number of aliphatic hydroxyl groups is 1. The van der Waals surface area contributed by atoms with E-state index in [4.69, 9.17) is 4.74 Å². The second kappa shape index (κ2) is 9.47. The van der Waals surface area contributed by atoms with Crippen LogP contribution in [0.5, 0.6) is 0 Å². The van der Waals surface area contributed by atoms with E-state index in [9.17, 15) is 29.6 Å². The smallest absolute Gasteiger partial charge is 0.382 e. The number of benzene rings is 1. The molecule has 1 aliphatic heterocycles. The van der Waals surface area contributed by atoms with Crippen molar-refractivity contribution in [3.05, 3.63) is 46.0 Å². The van der Waals surface area contributed by atoms with Crippen LogP contribution in [0.25, 0.3) is 0 Å². The Labute approximate surface area is 159 Å². The Balaban J connectivity index is 2.01. The van der Waals surface area contributed by atoms with E-state index in [1.165, 1.54) is 23.9 Å². The van der Waals surface area contributed by atoms with E-state index in [2.05, 4.69) is 0 Å². The molecule has 3 atom stereocenters. The van der Waals surface area contributed by atoms with Gasteiger partial charge in [0.1, 0.15) is 5.78 Å². The Morgan fingerprint density at radius 3 is 2.63 bits per heavy atom. The average Bonchev–Trinajstić information content (AvgIpc) is 2.63. The zero-order valence-electron chi connectivity index (χ0n) is 14.6. The van der Waals surface area contributed by atoms with E-state index >= 15 is 0 Å². The molecule has 9 nitrogen and oxygen atoms in total. The van der Waals surface area contributed by atoms with Crippen LogP contribution in [0.1, 0.15) is 31.6 Å². The van der Waals surface area contributed by atoms with E-state index < -0.39 is 35.3 Å². The number of carbonyl (C=O) groups is 3. The molecule has 1 fully saturated rings. The van der Waals surface area contributed by atoms with Crippen molar-refractivity contribution in [2.24, 2.45) is 0 Å². The number of amides is 1. The number of nitro groups is 1. The number of likely N-dealkylation sites (tertiary alicyclic amines) is 1. The van der Waals surface area contributed by atoms with Crippen LogP contribution in [-0.2, 0) is 19.1 Å². The highest BCUT2D eigenvalue weighted by Crippen LogP contribution is 2.27. The number of esters is 1. The summed E-state index contributed by atoms with van der Waals surface area (Å²) in [6.45, 7) is 1.91. The predicted molar refractivity (Wildman–Crippen MR) is 96.2 cm³/mol. The average molecular weight is 396 g/mol. The summed E-state index contributed by atoms with van der Waals surface area (Å²) in [7, 11) is 0. The maximum atomic E-state index is 12.2. The molecule has 0 aromatic heterocycles. The number of rotatable bonds is 10. The quantitative estimate of drug-likeness (QED) is 0.205. The monoisotopic (exact) mass is 396 g/mol. The Morgan fingerprint density at radius 2 is 2.07 bits per heavy atom. The molecule has 3 unspecified atom stereocenters. The molecule has 0 aliphatic carbocycles. The third-order valence-electron chi connectivity index (χ3n) is 4.00. The maximum absolute atomic E-state index is 12.2. The van der Waals surface area contributed by atoms with Crippen LogP contribution >= 0.6 is 11.8 Å². The second-order valence-corrected chi connectivity index (χ2v) is 7.17. The molecule has 2 rings (SSSR count). The molecule has 1 aliphatic rings. The van der Waals surface area contributed by atoms with Crippen molar-refractivity contribution in [2.45, 2.75) is 38.3 Å². The highest BCUT2D eigenvalue weighted by molar-refractivity contribution is 7.99. The number of Topliss-reactive ketones (excluding diaryl/α,β-unsaturated/α-hetero) is 1. The number of thioether (sulfide) groups is 1. The normalized spacial score (nSPS) is 18.4. The lowest BCUT2D eigenvalue weighted by atomic mass is 9.96. The lowest BCUT2D eigenvalue weighted by Crippen LogP contribution is -2.60. The molecule has 10 heteroatoms. The van der Waals surface area contributed by atoms with Gasteiger partial charge in [0.2, 0.25) is 12.1 Å². The topological polar surface area (TPSA) is 127 Å². The van der Waals surface area contributed by atoms with Crippen molar-refractivity contribution in [3.63, 3.8) is 0 Å². The fraction of sp³-hybridized carbons (Fsp3) is 0.471. The molecule has 1 N–H and O–H groups in total. The summed E-state index contributed by atoms with van der Waals surface area (Å²) in [5.74, 6) is -0.868. The van der Waals surface area contributed by atoms with Gasteiger partial charge in [0.05, 0.1) is 22.3 Å². The van der Waals surface area contributed by atoms with Gasteiger partial charge in [-0.05, 0) is 17.9 Å². The zero-order chi connectivity index (χ0) is 20.0. The Kier molecular flexibility index (Phi) is 7.31. The highest BCUT2D eigenvalue weighted by atomic mass is 32.2. The number of hydrogen-bond donors (Lipinski definition) is 1. The molecule has 0 saturated carbocycles. The number of β-lactam (4-membered cyclic amide) rings is 1. The summed E-state index contributed by atoms with van der Waals surface area (Å²) in [6, 6.07) is 6.95. The van der Waals surface area contributed by atoms with Gasteiger partial charge in [0, 0.05) is 12.8 Å². The third-order valence-corrected chi connectivity index (χ3v) is 4.93. The Hall–Kier alpha value is -2.46. The molecule has 1 saturated heterocycles. The van der Waals surface area contributed by atoms with Crippen molar-refractivity contribution in [1.82, 2.24) is 4.90 Å². The summed E-state index contributed by atoms with van der Waals surface area (Å²) in [4.78, 5) is 47.0. The molecule has 1 aromatic carbocycles. The summed E-state index contributed by atoms with van der Waals surface area (Å²) in [5, 5.41) is 21.3. The first-order chi connectivity index (χ1) is 12.8. The van der Waals surface area contributed by atoms with E-state index in [0.29, 0.717) is 0 Å². The van der Waals surface area contributed by atoms with Crippen LogP contribution in [0.2, 0.25) is 0 Å². The highest BCUT2D eigenvalue weighted by Gasteiger charge is 2.45. The van der Waals surface area contributed by atoms with Crippen LogP contribution in [0, 0.1) is 10.1 Å². The molecular formula is C17H20N2O7S. The minimum Gasteiger partial charge on any atom is -0.391 e. The van der Waals surface area contributed by atoms with Gasteiger partial charge in [-0.1, -0.05) is 25.1 Å². The van der Waals surface area contributed by atoms with Gasteiger partial charge < -0.3 is 14.7 Å². The fourth-order valence-electron chi connectivity index (χ4n) is 2.68. The van der Waals surface area contributed by atoms with E-state index in [-0.39, 0.29) is 29.9 Å². The Bertz CT molecular complexity index is 712. The van der Waals surface area contributed by atoms with Gasteiger partial charge in [0.15, 0.2) is 0 Å². The Morgan fingerprint density at radius 1 is 1.41 bits per heavy atom. The second-order valence-electron chi connectivity index (χ2n) is 5.90. The predicted octanol–water partition coefficient (Wildman–Crippen LogP) is 1.14. The summed E-state index contributed by atoms with van der Waals surface area (Å²) >= 11 is 1.44. The largest absolute Gasteiger partial charge is 0.391 e. The lowest BCUT2D eigenvalue weighted by molar-refractivity contribution is -0.576. The standard InChI is InChI=1S/C17H20N2O7S/c1-2-27-10-13(20)8-12-9-14(21)18(12)15(22)17(23)26-16(19(24)25)11-6-4-3-5-7-11/h3-7,12,15-16,22H,2,8-10H2,1H3. The van der Waals surface area contributed by atoms with Crippen molar-refractivity contribution >= 4 is 29.4 Å². The van der Waals surface area contributed by atoms with Gasteiger partial charge in [-0.15, -0.1) is 0 Å². The van der Waals surface area contributed by atoms with Crippen LogP contribution in [0.15, 0.2) is 30.3 Å². The first-order valence-corrected chi connectivity index (χ1v) is 9.48. The number of hydrogen-bond acceptors (Lipinski definition) is 8. The van der Waals surface area contributed by atoms with Gasteiger partial charge >= 0.3 is 12.2 Å². The molecule has 146 valence electrons. The fourth-order valence-corrected chi connectivity index (χ4v) is 3.23. The number of aliphatic hydroxyl groups excluding tert-OH is 1. The van der Waals surface area contributed by atoms with E-state index in [1.807, 2.05) is 6.92 Å². The van der Waals surface area contributed by atoms with Crippen molar-refractivity contribution in [3.8, 4) is 0 Å². The molecule has 27 heavy (non-hydrogen) atoms. The van der Waals surface area contributed by atoms with Gasteiger partial charge in [0.25, 0.3) is 0 Å². The van der Waals surface area contributed by atoms with E-state index in [0.717, 1.165) is 10.7 Å². The van der Waals surface area contributed by atoms with Crippen LogP contribution < -0.4 is 0 Å². The van der Waals surface area contributed by atoms with Crippen LogP contribution in [0.4, 0.5) is 0 Å². The number of carbonyl (C=O) groups excluding carboxylic acids is 3. The van der Waals surface area contributed by atoms with Gasteiger partial charge in [-0.25, -0.2) is 4.79 Å². The first-order valence-electron chi connectivity index (χ1n) is 8.32. The molecule has 0 bridgehead atoms.